The fourth-order valence-electron chi connectivity index (χ4n) is 2.92. The Labute approximate surface area is 237 Å². The SMILES string of the molecule is CC(=O)[C@H](C)NP(=O)(COCCn1cnc2c(N=C(/C=C/C(=O)O)OO)ncnc21)Oc1ccccc1.CC(C)C. The molecule has 0 aliphatic carbocycles. The summed E-state index contributed by atoms with van der Waals surface area (Å²) in [6.45, 7) is 9.82. The quantitative estimate of drug-likeness (QED) is 0.0483. The zero-order valence-corrected chi connectivity index (χ0v) is 24.4. The highest BCUT2D eigenvalue weighted by Crippen LogP contribution is 2.43. The Kier molecular flexibility index (Phi) is 13.2. The Bertz CT molecular complexity index is 1390. The summed E-state index contributed by atoms with van der Waals surface area (Å²) < 4.78 is 26.3. The minimum atomic E-state index is -3.59. The van der Waals surface area contributed by atoms with Gasteiger partial charge in [-0.05, 0) is 31.9 Å². The van der Waals surface area contributed by atoms with Crippen molar-refractivity contribution in [3.05, 3.63) is 55.1 Å². The van der Waals surface area contributed by atoms with Crippen LogP contribution >= 0.6 is 7.52 Å². The molecule has 0 aliphatic heterocycles. The number of Topliss-reactive ketones (excluding diaryl/α,β-unsaturated/α-hetero) is 1. The monoisotopic (exact) mass is 590 g/mol. The van der Waals surface area contributed by atoms with E-state index in [4.69, 9.17) is 19.6 Å². The van der Waals surface area contributed by atoms with E-state index in [2.05, 4.69) is 50.7 Å². The molecule has 3 N–H and O–H groups in total. The lowest BCUT2D eigenvalue weighted by Crippen LogP contribution is -2.32. The fraction of sp³-hybridized carbons (Fsp3) is 0.385. The number of carbonyl (C=O) groups excluding carboxylic acids is 1. The number of aliphatic imine (C=N–C) groups is 1. The summed E-state index contributed by atoms with van der Waals surface area (Å²) in [6.07, 6.45) is 4.05. The molecule has 2 aromatic heterocycles. The van der Waals surface area contributed by atoms with Crippen molar-refractivity contribution < 1.29 is 38.7 Å². The Morgan fingerprint density at radius 2 is 1.80 bits per heavy atom. The molecule has 1 aromatic carbocycles. The number of aromatic nitrogens is 4. The molecule has 2 heterocycles. The number of ether oxygens (including phenoxy) is 1. The van der Waals surface area contributed by atoms with Gasteiger partial charge in [0.1, 0.15) is 24.2 Å². The van der Waals surface area contributed by atoms with E-state index < -0.39 is 25.4 Å². The number of hydrogen-bond acceptors (Lipinski definition) is 11. The average molecular weight is 591 g/mol. The predicted molar refractivity (Wildman–Crippen MR) is 152 cm³/mol. The number of nitrogens with zero attached hydrogens (tertiary/aromatic N) is 5. The topological polar surface area (TPSA) is 187 Å². The van der Waals surface area contributed by atoms with Gasteiger partial charge in [-0.15, -0.1) is 0 Å². The normalized spacial score (nSPS) is 13.9. The minimum absolute atomic E-state index is 0.0342. The fourth-order valence-corrected chi connectivity index (χ4v) is 4.71. The van der Waals surface area contributed by atoms with Crippen molar-refractivity contribution >= 4 is 42.2 Å². The largest absolute Gasteiger partial charge is 0.478 e. The Morgan fingerprint density at radius 3 is 2.41 bits per heavy atom. The molecule has 0 fully saturated rings. The number of rotatable bonds is 13. The molecule has 41 heavy (non-hydrogen) atoms. The molecule has 3 rings (SSSR count). The molecule has 15 heteroatoms. The minimum Gasteiger partial charge on any atom is -0.478 e. The molecule has 0 bridgehead atoms. The maximum absolute atomic E-state index is 13.4. The molecule has 14 nitrogen and oxygen atoms in total. The van der Waals surface area contributed by atoms with Gasteiger partial charge in [0.25, 0.3) is 5.90 Å². The van der Waals surface area contributed by atoms with Crippen molar-refractivity contribution in [1.29, 1.82) is 0 Å². The van der Waals surface area contributed by atoms with Gasteiger partial charge in [0, 0.05) is 18.7 Å². The third kappa shape index (κ3) is 11.6. The Balaban J connectivity index is 0.00000138. The van der Waals surface area contributed by atoms with E-state index in [-0.39, 0.29) is 36.6 Å². The number of carboxylic acid groups (broad SMARTS) is 1. The van der Waals surface area contributed by atoms with Gasteiger partial charge in [-0.25, -0.2) is 30.1 Å². The summed E-state index contributed by atoms with van der Waals surface area (Å²) in [5, 5.41) is 20.4. The van der Waals surface area contributed by atoms with Crippen LogP contribution in [0.2, 0.25) is 0 Å². The number of imidazole rings is 1. The van der Waals surface area contributed by atoms with Crippen molar-refractivity contribution in [2.45, 2.75) is 47.2 Å². The van der Waals surface area contributed by atoms with E-state index in [1.807, 2.05) is 0 Å². The molecule has 0 radical (unpaired) electrons. The summed E-state index contributed by atoms with van der Waals surface area (Å²) in [4.78, 5) is 42.8. The number of ketones is 1. The van der Waals surface area contributed by atoms with Gasteiger partial charge in [-0.3, -0.25) is 9.36 Å². The highest BCUT2D eigenvalue weighted by atomic mass is 31.2. The van der Waals surface area contributed by atoms with Crippen LogP contribution in [0.25, 0.3) is 11.2 Å². The zero-order chi connectivity index (χ0) is 30.4. The predicted octanol–water partition coefficient (Wildman–Crippen LogP) is 4.46. The van der Waals surface area contributed by atoms with Crippen molar-refractivity contribution in [1.82, 2.24) is 24.6 Å². The van der Waals surface area contributed by atoms with E-state index in [1.165, 1.54) is 19.6 Å². The molecule has 0 saturated heterocycles. The van der Waals surface area contributed by atoms with Crippen LogP contribution in [0, 0.1) is 5.92 Å². The van der Waals surface area contributed by atoms with Crippen LogP contribution in [0.5, 0.6) is 5.75 Å². The maximum atomic E-state index is 13.4. The summed E-state index contributed by atoms with van der Waals surface area (Å²) in [5.74, 6) is -0.638. The van der Waals surface area contributed by atoms with Crippen LogP contribution in [0.3, 0.4) is 0 Å². The second-order valence-electron chi connectivity index (χ2n) is 9.33. The number of carbonyl (C=O) groups is 2. The smallest absolute Gasteiger partial charge is 0.342 e. The van der Waals surface area contributed by atoms with Gasteiger partial charge in [0.2, 0.25) is 0 Å². The molecule has 0 amide bonds. The van der Waals surface area contributed by atoms with Crippen molar-refractivity contribution in [3.8, 4) is 5.75 Å². The lowest BCUT2D eigenvalue weighted by atomic mass is 10.3. The maximum Gasteiger partial charge on any atom is 0.342 e. The van der Waals surface area contributed by atoms with Crippen LogP contribution in [-0.4, -0.2) is 66.5 Å². The van der Waals surface area contributed by atoms with E-state index in [0.29, 0.717) is 11.4 Å². The number of aliphatic carboxylic acids is 1. The van der Waals surface area contributed by atoms with Gasteiger partial charge in [-0.1, -0.05) is 39.0 Å². The molecule has 3 aromatic rings. The average Bonchev–Trinajstić information content (AvgIpc) is 3.33. The Hall–Kier alpha value is -3.97. The molecule has 1 unspecified atom stereocenters. The second-order valence-corrected chi connectivity index (χ2v) is 11.4. The second kappa shape index (κ2) is 16.3. The van der Waals surface area contributed by atoms with E-state index in [9.17, 15) is 14.2 Å². The third-order valence-corrected chi connectivity index (χ3v) is 6.60. The van der Waals surface area contributed by atoms with Crippen molar-refractivity contribution in [2.24, 2.45) is 10.9 Å². The van der Waals surface area contributed by atoms with Gasteiger partial charge < -0.3 is 23.8 Å². The van der Waals surface area contributed by atoms with Crippen LogP contribution < -0.4 is 9.61 Å². The van der Waals surface area contributed by atoms with Crippen LogP contribution in [0.15, 0.2) is 60.1 Å². The highest BCUT2D eigenvalue weighted by molar-refractivity contribution is 7.57. The molecular formula is C26H35N6O8P. The van der Waals surface area contributed by atoms with Crippen molar-refractivity contribution in [3.63, 3.8) is 0 Å². The van der Waals surface area contributed by atoms with Crippen molar-refractivity contribution in [2.75, 3.05) is 13.0 Å². The lowest BCUT2D eigenvalue weighted by Gasteiger charge is -2.23. The number of carboxylic acids is 1. The summed E-state index contributed by atoms with van der Waals surface area (Å²) in [5.41, 5.74) is 0.639. The van der Waals surface area contributed by atoms with E-state index in [1.54, 1.807) is 41.8 Å². The number of nitrogens with one attached hydrogen (secondary N) is 1. The highest BCUT2D eigenvalue weighted by Gasteiger charge is 2.29. The summed E-state index contributed by atoms with van der Waals surface area (Å²) in [7, 11) is -3.59. The standard InChI is InChI=1S/C22H25N6O8P.C4H10/c1-15(16(2)29)27-37(33,36-17-6-4-3-5-7-17)14-34-11-10-28-13-25-20-21(23-12-24-22(20)28)26-18(35-32)8-9-19(30)31;1-4(2)3/h3-9,12-13,15,32H,10-11,14H2,1-2H3,(H,27,33)(H,30,31);4H,1-3H3/b9-8+,26-18?;/t15-,37?;/m0./s1. The molecule has 222 valence electrons. The van der Waals surface area contributed by atoms with Gasteiger partial charge in [0.15, 0.2) is 17.0 Å². The Morgan fingerprint density at radius 1 is 1.12 bits per heavy atom. The molecule has 0 aliphatic rings. The first-order chi connectivity index (χ1) is 19.4. The van der Waals surface area contributed by atoms with Gasteiger partial charge in [-0.2, -0.15) is 4.99 Å². The third-order valence-electron chi connectivity index (χ3n) is 4.79. The summed E-state index contributed by atoms with van der Waals surface area (Å²) >= 11 is 0. The first-order valence-corrected chi connectivity index (χ1v) is 14.4. The van der Waals surface area contributed by atoms with E-state index in [0.717, 1.165) is 18.1 Å². The first kappa shape index (κ1) is 33.2. The van der Waals surface area contributed by atoms with Crippen LogP contribution in [-0.2, 0) is 30.3 Å². The molecule has 0 saturated carbocycles. The number of hydrogen-bond donors (Lipinski definition) is 3. The summed E-state index contributed by atoms with van der Waals surface area (Å²) in [6, 6.07) is 7.85. The van der Waals surface area contributed by atoms with Crippen LogP contribution in [0.1, 0.15) is 34.6 Å². The van der Waals surface area contributed by atoms with Gasteiger partial charge in [0.05, 0.1) is 19.0 Å². The van der Waals surface area contributed by atoms with E-state index >= 15 is 0 Å². The first-order valence-electron chi connectivity index (χ1n) is 12.6. The zero-order valence-electron chi connectivity index (χ0n) is 23.5. The lowest BCUT2D eigenvalue weighted by molar-refractivity contribution is -0.153. The molecular weight excluding hydrogens is 555 g/mol. The molecule has 2 atom stereocenters. The van der Waals surface area contributed by atoms with Gasteiger partial charge >= 0.3 is 13.5 Å². The number of benzene rings is 1. The van der Waals surface area contributed by atoms with Crippen LogP contribution in [0.4, 0.5) is 5.82 Å². The number of para-hydroxylation sites is 1. The molecule has 0 spiro atoms. The number of fused-ring (bicyclic) bond motifs is 1.